The first-order valence-electron chi connectivity index (χ1n) is 10.5. The maximum absolute atomic E-state index is 12.2. The zero-order valence-electron chi connectivity index (χ0n) is 18.3. The standard InChI is InChI=1S/C22H33N5OS/c1-17-12-18(2)14-19(13-17)27-11-10-26(21(27)29)16-25-8-6-24(7-9-25)15-20(28)23-22(3,4)5/h10-14H,6-9,15-16H2,1-5H3,(H,23,28)/p+2. The lowest BCUT2D eigenvalue weighted by Crippen LogP contribution is -3.28. The summed E-state index contributed by atoms with van der Waals surface area (Å²) < 4.78 is 5.09. The molecule has 1 aromatic heterocycles. The summed E-state index contributed by atoms with van der Waals surface area (Å²) in [6.45, 7) is 15.9. The van der Waals surface area contributed by atoms with Gasteiger partial charge >= 0.3 is 0 Å². The summed E-state index contributed by atoms with van der Waals surface area (Å²) >= 11 is 5.75. The van der Waals surface area contributed by atoms with Crippen LogP contribution in [0.1, 0.15) is 31.9 Å². The Morgan fingerprint density at radius 1 is 1.03 bits per heavy atom. The molecule has 3 rings (SSSR count). The quantitative estimate of drug-likeness (QED) is 0.612. The molecule has 0 saturated carbocycles. The number of quaternary nitrogens is 2. The van der Waals surface area contributed by atoms with Crippen molar-refractivity contribution in [1.82, 2.24) is 14.5 Å². The summed E-state index contributed by atoms with van der Waals surface area (Å²) in [4.78, 5) is 15.1. The lowest BCUT2D eigenvalue weighted by molar-refractivity contribution is -1.02. The minimum atomic E-state index is -0.164. The molecule has 3 N–H and O–H groups in total. The molecule has 1 aliphatic rings. The van der Waals surface area contributed by atoms with E-state index >= 15 is 0 Å². The Morgan fingerprint density at radius 3 is 2.21 bits per heavy atom. The Bertz CT molecular complexity index is 896. The maximum Gasteiger partial charge on any atom is 0.275 e. The van der Waals surface area contributed by atoms with Crippen molar-refractivity contribution in [3.8, 4) is 5.69 Å². The first kappa shape index (κ1) is 21.7. The van der Waals surface area contributed by atoms with Gasteiger partial charge in [-0.05, 0) is 70.1 Å². The summed E-state index contributed by atoms with van der Waals surface area (Å²) in [5, 5.41) is 3.06. The second-order valence-corrected chi connectivity index (χ2v) is 9.76. The van der Waals surface area contributed by atoms with E-state index in [9.17, 15) is 4.79 Å². The molecule has 1 fully saturated rings. The van der Waals surface area contributed by atoms with Crippen molar-refractivity contribution in [1.29, 1.82) is 0 Å². The van der Waals surface area contributed by atoms with E-state index in [0.717, 1.165) is 43.3 Å². The largest absolute Gasteiger partial charge is 0.347 e. The van der Waals surface area contributed by atoms with Crippen molar-refractivity contribution < 1.29 is 14.6 Å². The zero-order chi connectivity index (χ0) is 21.2. The number of aryl methyl sites for hydroxylation is 2. The topological polar surface area (TPSA) is 47.8 Å². The van der Waals surface area contributed by atoms with Gasteiger partial charge in [-0.25, -0.2) is 0 Å². The van der Waals surface area contributed by atoms with E-state index in [1.165, 1.54) is 20.9 Å². The summed E-state index contributed by atoms with van der Waals surface area (Å²) in [5.74, 6) is 0.142. The predicted molar refractivity (Wildman–Crippen MR) is 118 cm³/mol. The third-order valence-corrected chi connectivity index (χ3v) is 5.75. The fourth-order valence-corrected chi connectivity index (χ4v) is 4.33. The van der Waals surface area contributed by atoms with Crippen LogP contribution in [0.2, 0.25) is 0 Å². The predicted octanol–water partition coefficient (Wildman–Crippen LogP) is 0.281. The number of carbonyl (C=O) groups is 1. The average molecular weight is 418 g/mol. The van der Waals surface area contributed by atoms with Gasteiger partial charge in [0.1, 0.15) is 26.2 Å². The Kier molecular flexibility index (Phi) is 6.61. The van der Waals surface area contributed by atoms with Crippen LogP contribution in [-0.2, 0) is 11.5 Å². The third kappa shape index (κ3) is 6.01. The molecule has 1 aromatic carbocycles. The van der Waals surface area contributed by atoms with Crippen LogP contribution in [0, 0.1) is 18.6 Å². The Balaban J connectivity index is 1.57. The van der Waals surface area contributed by atoms with Crippen LogP contribution < -0.4 is 15.1 Å². The molecule has 0 unspecified atom stereocenters. The van der Waals surface area contributed by atoms with Crippen molar-refractivity contribution in [2.75, 3.05) is 32.7 Å². The minimum absolute atomic E-state index is 0.142. The monoisotopic (exact) mass is 417 g/mol. The van der Waals surface area contributed by atoms with E-state index in [0.29, 0.717) is 6.54 Å². The van der Waals surface area contributed by atoms with Crippen LogP contribution >= 0.6 is 12.2 Å². The number of aromatic nitrogens is 2. The molecular formula is C22H35N5OS+2. The summed E-state index contributed by atoms with van der Waals surface area (Å²) in [5.41, 5.74) is 3.45. The van der Waals surface area contributed by atoms with Crippen LogP contribution in [0.3, 0.4) is 0 Å². The number of amides is 1. The number of rotatable bonds is 5. The summed E-state index contributed by atoms with van der Waals surface area (Å²) in [7, 11) is 0. The van der Waals surface area contributed by atoms with Crippen LogP contribution in [0.4, 0.5) is 0 Å². The fraction of sp³-hybridized carbons (Fsp3) is 0.545. The van der Waals surface area contributed by atoms with E-state index in [-0.39, 0.29) is 11.4 Å². The normalized spacial score (nSPS) is 19.9. The average Bonchev–Trinajstić information content (AvgIpc) is 2.95. The lowest BCUT2D eigenvalue weighted by Gasteiger charge is -2.30. The van der Waals surface area contributed by atoms with Gasteiger partial charge in [0, 0.05) is 23.6 Å². The molecule has 7 heteroatoms. The van der Waals surface area contributed by atoms with E-state index in [2.05, 4.69) is 58.9 Å². The molecule has 1 amide bonds. The molecule has 0 atom stereocenters. The second-order valence-electron chi connectivity index (χ2n) is 9.40. The Hall–Kier alpha value is -1.96. The van der Waals surface area contributed by atoms with Gasteiger partial charge in [0.25, 0.3) is 5.91 Å². The van der Waals surface area contributed by atoms with E-state index < -0.39 is 0 Å². The highest BCUT2D eigenvalue weighted by molar-refractivity contribution is 7.71. The molecule has 29 heavy (non-hydrogen) atoms. The molecule has 158 valence electrons. The van der Waals surface area contributed by atoms with Gasteiger partial charge in [-0.1, -0.05) is 6.07 Å². The molecule has 0 bridgehead atoms. The highest BCUT2D eigenvalue weighted by Crippen LogP contribution is 2.14. The van der Waals surface area contributed by atoms with Crippen molar-refractivity contribution in [2.24, 2.45) is 0 Å². The molecule has 2 heterocycles. The summed E-state index contributed by atoms with van der Waals surface area (Å²) in [6, 6.07) is 6.52. The highest BCUT2D eigenvalue weighted by atomic mass is 32.1. The summed E-state index contributed by atoms with van der Waals surface area (Å²) in [6.07, 6.45) is 4.15. The van der Waals surface area contributed by atoms with Gasteiger partial charge in [0.05, 0.1) is 0 Å². The second kappa shape index (κ2) is 8.81. The Morgan fingerprint density at radius 2 is 1.62 bits per heavy atom. The van der Waals surface area contributed by atoms with Crippen LogP contribution in [0.15, 0.2) is 30.6 Å². The maximum atomic E-state index is 12.2. The van der Waals surface area contributed by atoms with Crippen molar-refractivity contribution >= 4 is 18.1 Å². The number of hydrogen-bond donors (Lipinski definition) is 3. The van der Waals surface area contributed by atoms with Crippen molar-refractivity contribution in [3.05, 3.63) is 46.5 Å². The number of nitrogens with zero attached hydrogens (tertiary/aromatic N) is 2. The van der Waals surface area contributed by atoms with Gasteiger partial charge < -0.3 is 15.1 Å². The van der Waals surface area contributed by atoms with E-state index in [4.69, 9.17) is 12.2 Å². The van der Waals surface area contributed by atoms with E-state index in [1.807, 2.05) is 20.8 Å². The zero-order valence-corrected chi connectivity index (χ0v) is 19.2. The minimum Gasteiger partial charge on any atom is -0.347 e. The molecule has 0 radical (unpaired) electrons. The van der Waals surface area contributed by atoms with Crippen LogP contribution in [0.5, 0.6) is 0 Å². The first-order chi connectivity index (χ1) is 13.6. The van der Waals surface area contributed by atoms with Gasteiger partial charge in [-0.15, -0.1) is 0 Å². The van der Waals surface area contributed by atoms with E-state index in [1.54, 1.807) is 0 Å². The van der Waals surface area contributed by atoms with Gasteiger partial charge in [0.2, 0.25) is 0 Å². The molecule has 1 saturated heterocycles. The van der Waals surface area contributed by atoms with Gasteiger partial charge in [-0.2, -0.15) is 0 Å². The number of piperazine rings is 1. The van der Waals surface area contributed by atoms with Gasteiger partial charge in [-0.3, -0.25) is 13.9 Å². The van der Waals surface area contributed by atoms with Crippen LogP contribution in [0.25, 0.3) is 5.69 Å². The molecule has 0 spiro atoms. The molecule has 6 nitrogen and oxygen atoms in total. The molecular weight excluding hydrogens is 382 g/mol. The molecule has 1 aliphatic heterocycles. The first-order valence-corrected chi connectivity index (χ1v) is 10.9. The number of carbonyl (C=O) groups excluding carboxylic acids is 1. The van der Waals surface area contributed by atoms with Gasteiger partial charge in [0.15, 0.2) is 18.0 Å². The molecule has 0 aliphatic carbocycles. The number of imidazole rings is 1. The number of hydrogen-bond acceptors (Lipinski definition) is 2. The van der Waals surface area contributed by atoms with Crippen molar-refractivity contribution in [3.63, 3.8) is 0 Å². The molecule has 2 aromatic rings. The lowest BCUT2D eigenvalue weighted by atomic mass is 10.1. The fourth-order valence-electron chi connectivity index (χ4n) is 4.04. The SMILES string of the molecule is Cc1cc(C)cc(-n2ccn(C[NH+]3CC[NH+](CC(=O)NC(C)(C)C)CC3)c2=S)c1. The van der Waals surface area contributed by atoms with Crippen molar-refractivity contribution in [2.45, 2.75) is 46.8 Å². The Labute approximate surface area is 179 Å². The third-order valence-electron chi connectivity index (χ3n) is 5.32. The number of nitrogens with one attached hydrogen (secondary N) is 3. The smallest absolute Gasteiger partial charge is 0.275 e. The highest BCUT2D eigenvalue weighted by Gasteiger charge is 2.26. The van der Waals surface area contributed by atoms with Crippen LogP contribution in [-0.4, -0.2) is 53.3 Å². The number of benzene rings is 1.